The number of thiophene rings is 1. The summed E-state index contributed by atoms with van der Waals surface area (Å²) < 4.78 is 6.93. The van der Waals surface area contributed by atoms with Crippen molar-refractivity contribution in [2.75, 3.05) is 14.2 Å². The zero-order chi connectivity index (χ0) is 13.8. The molecule has 2 aromatic rings. The molecule has 19 heavy (non-hydrogen) atoms. The second kappa shape index (κ2) is 6.75. The third-order valence-electron chi connectivity index (χ3n) is 2.95. The van der Waals surface area contributed by atoms with E-state index in [2.05, 4.69) is 39.4 Å². The van der Waals surface area contributed by atoms with Gasteiger partial charge in [0.25, 0.3) is 0 Å². The molecule has 0 aliphatic carbocycles. The maximum atomic E-state index is 6.10. The Kier molecular flexibility index (Phi) is 5.28. The van der Waals surface area contributed by atoms with Crippen LogP contribution in [0.5, 0.6) is 5.75 Å². The van der Waals surface area contributed by atoms with Crippen LogP contribution in [-0.4, -0.2) is 14.2 Å². The van der Waals surface area contributed by atoms with E-state index in [1.54, 1.807) is 18.4 Å². The lowest BCUT2D eigenvalue weighted by Gasteiger charge is -2.14. The minimum Gasteiger partial charge on any atom is -0.497 e. The number of hydrogen-bond donors (Lipinski definition) is 1. The van der Waals surface area contributed by atoms with Crippen LogP contribution in [0.2, 0.25) is 4.34 Å². The molecule has 0 radical (unpaired) electrons. The molecule has 0 bridgehead atoms. The predicted octanol–water partition coefficient (Wildman–Crippen LogP) is 4.68. The highest BCUT2D eigenvalue weighted by Gasteiger charge is 2.15. The van der Waals surface area contributed by atoms with Crippen LogP contribution in [-0.2, 0) is 6.42 Å². The molecule has 5 heteroatoms. The van der Waals surface area contributed by atoms with Gasteiger partial charge in [0.1, 0.15) is 10.1 Å². The Morgan fingerprint density at radius 2 is 2.05 bits per heavy atom. The van der Waals surface area contributed by atoms with Crippen molar-refractivity contribution in [3.05, 3.63) is 49.6 Å². The quantitative estimate of drug-likeness (QED) is 0.836. The zero-order valence-electron chi connectivity index (χ0n) is 10.7. The lowest BCUT2D eigenvalue weighted by atomic mass is 10.0. The summed E-state index contributed by atoms with van der Waals surface area (Å²) in [6.45, 7) is 0. The van der Waals surface area contributed by atoms with Crippen LogP contribution in [0, 0.1) is 0 Å². The standard InChI is InChI=1S/C14H15BrClNOS/c1-17-12(13-8-11(15)14(16)19-13)7-9-3-5-10(18-2)6-4-9/h3-6,8,12,17H,7H2,1-2H3. The van der Waals surface area contributed by atoms with Gasteiger partial charge in [-0.2, -0.15) is 0 Å². The highest BCUT2D eigenvalue weighted by molar-refractivity contribution is 9.10. The molecule has 0 fully saturated rings. The Bertz CT molecular complexity index is 521. The minimum atomic E-state index is 0.266. The van der Waals surface area contributed by atoms with Crippen molar-refractivity contribution < 1.29 is 4.74 Å². The van der Waals surface area contributed by atoms with Crippen molar-refractivity contribution >= 4 is 38.9 Å². The van der Waals surface area contributed by atoms with E-state index in [0.717, 1.165) is 21.0 Å². The number of methoxy groups -OCH3 is 1. The maximum Gasteiger partial charge on any atom is 0.118 e. The Morgan fingerprint density at radius 3 is 2.53 bits per heavy atom. The molecule has 2 nitrogen and oxygen atoms in total. The van der Waals surface area contributed by atoms with Gasteiger partial charge in [-0.3, -0.25) is 0 Å². The van der Waals surface area contributed by atoms with Gasteiger partial charge >= 0.3 is 0 Å². The first-order valence-corrected chi connectivity index (χ1v) is 7.87. The molecule has 0 aliphatic heterocycles. The second-order valence-corrected chi connectivity index (χ2v) is 6.70. The Hall–Kier alpha value is -0.550. The Labute approximate surface area is 130 Å². The molecule has 2 rings (SSSR count). The molecule has 0 amide bonds. The highest BCUT2D eigenvalue weighted by Crippen LogP contribution is 2.36. The van der Waals surface area contributed by atoms with Gasteiger partial charge in [0, 0.05) is 15.4 Å². The molecule has 1 N–H and O–H groups in total. The van der Waals surface area contributed by atoms with E-state index in [4.69, 9.17) is 16.3 Å². The van der Waals surface area contributed by atoms with Crippen molar-refractivity contribution in [3.8, 4) is 5.75 Å². The van der Waals surface area contributed by atoms with Gasteiger partial charge in [0.05, 0.1) is 7.11 Å². The van der Waals surface area contributed by atoms with Crippen LogP contribution < -0.4 is 10.1 Å². The number of likely N-dealkylation sites (N-methyl/N-ethyl adjacent to an activating group) is 1. The van der Waals surface area contributed by atoms with E-state index in [1.165, 1.54) is 10.4 Å². The minimum absolute atomic E-state index is 0.266. The van der Waals surface area contributed by atoms with E-state index >= 15 is 0 Å². The highest BCUT2D eigenvalue weighted by atomic mass is 79.9. The van der Waals surface area contributed by atoms with Crippen LogP contribution >= 0.6 is 38.9 Å². The second-order valence-electron chi connectivity index (χ2n) is 4.16. The zero-order valence-corrected chi connectivity index (χ0v) is 13.9. The number of benzene rings is 1. The first-order chi connectivity index (χ1) is 9.13. The van der Waals surface area contributed by atoms with Gasteiger partial charge in [-0.1, -0.05) is 23.7 Å². The summed E-state index contributed by atoms with van der Waals surface area (Å²) >= 11 is 11.2. The van der Waals surface area contributed by atoms with E-state index in [0.29, 0.717) is 0 Å². The van der Waals surface area contributed by atoms with Gasteiger partial charge in [-0.15, -0.1) is 11.3 Å². The Balaban J connectivity index is 2.13. The van der Waals surface area contributed by atoms with Gasteiger partial charge in [0.2, 0.25) is 0 Å². The molecule has 0 aliphatic rings. The van der Waals surface area contributed by atoms with Crippen LogP contribution in [0.3, 0.4) is 0 Å². The molecule has 0 spiro atoms. The maximum absolute atomic E-state index is 6.10. The molecule has 0 saturated heterocycles. The first-order valence-electron chi connectivity index (χ1n) is 5.89. The average Bonchev–Trinajstić information content (AvgIpc) is 2.76. The Morgan fingerprint density at radius 1 is 1.37 bits per heavy atom. The summed E-state index contributed by atoms with van der Waals surface area (Å²) in [5, 5.41) is 3.34. The summed E-state index contributed by atoms with van der Waals surface area (Å²) in [6.07, 6.45) is 0.920. The molecular formula is C14H15BrClNOS. The molecule has 1 atom stereocenters. The largest absolute Gasteiger partial charge is 0.497 e. The lowest BCUT2D eigenvalue weighted by Crippen LogP contribution is -2.17. The number of halogens is 2. The number of ether oxygens (including phenoxy) is 1. The number of nitrogens with one attached hydrogen (secondary N) is 1. The van der Waals surface area contributed by atoms with Crippen molar-refractivity contribution in [1.29, 1.82) is 0 Å². The SMILES string of the molecule is CNC(Cc1ccc(OC)cc1)c1cc(Br)c(Cl)s1. The van der Waals surface area contributed by atoms with Gasteiger partial charge in [-0.25, -0.2) is 0 Å². The van der Waals surface area contributed by atoms with Crippen LogP contribution in [0.15, 0.2) is 34.8 Å². The summed E-state index contributed by atoms with van der Waals surface area (Å²) in [6, 6.07) is 10.5. The molecule has 1 heterocycles. The predicted molar refractivity (Wildman–Crippen MR) is 85.5 cm³/mol. The average molecular weight is 361 g/mol. The number of rotatable bonds is 5. The van der Waals surface area contributed by atoms with Gasteiger partial charge in [-0.05, 0) is 53.2 Å². The fraction of sp³-hybridized carbons (Fsp3) is 0.286. The van der Waals surface area contributed by atoms with Gasteiger partial charge in [0.15, 0.2) is 0 Å². The topological polar surface area (TPSA) is 21.3 Å². The molecule has 1 unspecified atom stereocenters. The molecule has 102 valence electrons. The van der Waals surface area contributed by atoms with Crippen LogP contribution in [0.25, 0.3) is 0 Å². The third-order valence-corrected chi connectivity index (χ3v) is 5.54. The first kappa shape index (κ1) is 14.9. The van der Waals surface area contributed by atoms with Crippen LogP contribution in [0.1, 0.15) is 16.5 Å². The monoisotopic (exact) mass is 359 g/mol. The van der Waals surface area contributed by atoms with Crippen LogP contribution in [0.4, 0.5) is 0 Å². The van der Waals surface area contributed by atoms with Crippen molar-refractivity contribution in [3.63, 3.8) is 0 Å². The summed E-state index contributed by atoms with van der Waals surface area (Å²) in [4.78, 5) is 1.23. The van der Waals surface area contributed by atoms with E-state index in [-0.39, 0.29) is 6.04 Å². The van der Waals surface area contributed by atoms with Crippen molar-refractivity contribution in [1.82, 2.24) is 5.32 Å². The van der Waals surface area contributed by atoms with Crippen molar-refractivity contribution in [2.24, 2.45) is 0 Å². The smallest absolute Gasteiger partial charge is 0.118 e. The van der Waals surface area contributed by atoms with Crippen molar-refractivity contribution in [2.45, 2.75) is 12.5 Å². The molecule has 1 aromatic carbocycles. The molecule has 0 saturated carbocycles. The lowest BCUT2D eigenvalue weighted by molar-refractivity contribution is 0.414. The normalized spacial score (nSPS) is 12.4. The third kappa shape index (κ3) is 3.72. The number of hydrogen-bond acceptors (Lipinski definition) is 3. The summed E-state index contributed by atoms with van der Waals surface area (Å²) in [7, 11) is 3.65. The van der Waals surface area contributed by atoms with E-state index < -0.39 is 0 Å². The fourth-order valence-corrected chi connectivity index (χ4v) is 3.72. The van der Waals surface area contributed by atoms with E-state index in [9.17, 15) is 0 Å². The summed E-state index contributed by atoms with van der Waals surface area (Å²) in [5.41, 5.74) is 1.26. The summed E-state index contributed by atoms with van der Waals surface area (Å²) in [5.74, 6) is 0.881. The fourth-order valence-electron chi connectivity index (χ4n) is 1.88. The molecular weight excluding hydrogens is 346 g/mol. The molecule has 1 aromatic heterocycles. The van der Waals surface area contributed by atoms with E-state index in [1.807, 2.05) is 19.2 Å². The van der Waals surface area contributed by atoms with Gasteiger partial charge < -0.3 is 10.1 Å².